The molecular formula is C21H20F3N3O3. The third-order valence-corrected chi connectivity index (χ3v) is 4.47. The molecule has 0 saturated heterocycles. The van der Waals surface area contributed by atoms with Crippen LogP contribution in [0.25, 0.3) is 11.1 Å². The van der Waals surface area contributed by atoms with Crippen LogP contribution >= 0.6 is 0 Å². The molecule has 1 unspecified atom stereocenters. The Labute approximate surface area is 171 Å². The number of carbonyl (C=O) groups excluding carboxylic acids is 1. The van der Waals surface area contributed by atoms with Crippen molar-refractivity contribution >= 4 is 23.5 Å². The zero-order valence-corrected chi connectivity index (χ0v) is 16.1. The molecule has 30 heavy (non-hydrogen) atoms. The van der Waals surface area contributed by atoms with E-state index in [4.69, 9.17) is 0 Å². The van der Waals surface area contributed by atoms with Crippen molar-refractivity contribution in [3.63, 3.8) is 0 Å². The van der Waals surface area contributed by atoms with Gasteiger partial charge in [-0.2, -0.15) is 0 Å². The number of alkyl halides is 3. The lowest BCUT2D eigenvalue weighted by Gasteiger charge is -2.24. The molecule has 0 fully saturated rings. The van der Waals surface area contributed by atoms with Crippen LogP contribution in [-0.4, -0.2) is 30.1 Å². The van der Waals surface area contributed by atoms with Crippen LogP contribution in [0.5, 0.6) is 5.75 Å². The summed E-state index contributed by atoms with van der Waals surface area (Å²) in [7, 11) is 0. The number of anilines is 1. The molecule has 2 aromatic rings. The predicted molar refractivity (Wildman–Crippen MR) is 108 cm³/mol. The molecule has 158 valence electrons. The number of benzene rings is 2. The van der Waals surface area contributed by atoms with Gasteiger partial charge < -0.3 is 20.5 Å². The highest BCUT2D eigenvalue weighted by atomic mass is 19.4. The summed E-state index contributed by atoms with van der Waals surface area (Å²) in [4.78, 5) is 16.0. The van der Waals surface area contributed by atoms with Crippen LogP contribution in [-0.2, 0) is 11.3 Å². The third-order valence-electron chi connectivity index (χ3n) is 4.47. The second-order valence-electron chi connectivity index (χ2n) is 6.58. The summed E-state index contributed by atoms with van der Waals surface area (Å²) >= 11 is 0. The number of hydrogen-bond donors (Lipinski definition) is 3. The van der Waals surface area contributed by atoms with Crippen molar-refractivity contribution in [2.75, 3.05) is 11.9 Å². The monoisotopic (exact) mass is 419 g/mol. The Morgan fingerprint density at radius 2 is 2.10 bits per heavy atom. The van der Waals surface area contributed by atoms with Gasteiger partial charge >= 0.3 is 6.36 Å². The lowest BCUT2D eigenvalue weighted by atomic mass is 9.92. The molecule has 1 aliphatic rings. The van der Waals surface area contributed by atoms with Gasteiger partial charge in [-0.25, -0.2) is 0 Å². The second-order valence-corrected chi connectivity index (χ2v) is 6.58. The van der Waals surface area contributed by atoms with E-state index in [1.165, 1.54) is 24.3 Å². The molecule has 1 amide bonds. The van der Waals surface area contributed by atoms with E-state index in [0.29, 0.717) is 40.2 Å². The quantitative estimate of drug-likeness (QED) is 0.612. The second kappa shape index (κ2) is 8.58. The summed E-state index contributed by atoms with van der Waals surface area (Å²) < 4.78 is 41.2. The number of aliphatic hydroxyl groups is 1. The first-order chi connectivity index (χ1) is 14.2. The molecule has 0 spiro atoms. The lowest BCUT2D eigenvalue weighted by molar-refractivity contribution is -0.274. The van der Waals surface area contributed by atoms with E-state index in [1.807, 2.05) is 0 Å². The molecule has 1 atom stereocenters. The summed E-state index contributed by atoms with van der Waals surface area (Å²) in [6.07, 6.45) is -2.83. The molecule has 0 saturated carbocycles. The van der Waals surface area contributed by atoms with Gasteiger partial charge in [-0.1, -0.05) is 18.7 Å². The van der Waals surface area contributed by atoms with Gasteiger partial charge in [0.15, 0.2) is 0 Å². The summed E-state index contributed by atoms with van der Waals surface area (Å²) in [5.41, 5.74) is 3.65. The molecule has 0 bridgehead atoms. The SMILES string of the molecule is C=CC(=O)NCc1cc(-c2ccc(OC(F)(F)F)cc2)c2c(c1C(C)O)N=CCN2. The highest BCUT2D eigenvalue weighted by Gasteiger charge is 2.31. The van der Waals surface area contributed by atoms with Crippen LogP contribution in [0.4, 0.5) is 24.5 Å². The molecule has 3 rings (SSSR count). The van der Waals surface area contributed by atoms with E-state index in [-0.39, 0.29) is 18.2 Å². The third kappa shape index (κ3) is 4.80. The Morgan fingerprint density at radius 1 is 1.40 bits per heavy atom. The van der Waals surface area contributed by atoms with Gasteiger partial charge in [0.2, 0.25) is 5.91 Å². The fourth-order valence-electron chi connectivity index (χ4n) is 3.27. The van der Waals surface area contributed by atoms with E-state index in [1.54, 1.807) is 19.2 Å². The Balaban J connectivity index is 2.08. The van der Waals surface area contributed by atoms with E-state index in [9.17, 15) is 23.1 Å². The number of fused-ring (bicyclic) bond motifs is 1. The zero-order chi connectivity index (χ0) is 21.9. The smallest absolute Gasteiger partial charge is 0.406 e. The minimum atomic E-state index is -4.77. The average Bonchev–Trinajstić information content (AvgIpc) is 2.70. The van der Waals surface area contributed by atoms with Crippen molar-refractivity contribution in [1.82, 2.24) is 5.32 Å². The average molecular weight is 419 g/mol. The first kappa shape index (κ1) is 21.4. The number of aliphatic imine (C=N–C) groups is 1. The molecule has 9 heteroatoms. The van der Waals surface area contributed by atoms with Crippen molar-refractivity contribution in [2.45, 2.75) is 25.9 Å². The van der Waals surface area contributed by atoms with Crippen molar-refractivity contribution in [2.24, 2.45) is 4.99 Å². The summed E-state index contributed by atoms with van der Waals surface area (Å²) in [5, 5.41) is 16.2. The van der Waals surface area contributed by atoms with Gasteiger partial charge in [-0.05, 0) is 42.3 Å². The molecule has 2 aromatic carbocycles. The van der Waals surface area contributed by atoms with Crippen molar-refractivity contribution in [3.8, 4) is 16.9 Å². The van der Waals surface area contributed by atoms with Gasteiger partial charge in [0.1, 0.15) is 5.75 Å². The minimum absolute atomic E-state index is 0.121. The molecule has 3 N–H and O–H groups in total. The van der Waals surface area contributed by atoms with Gasteiger partial charge in [0.05, 0.1) is 24.0 Å². The number of rotatable bonds is 6. The first-order valence-corrected chi connectivity index (χ1v) is 9.10. The van der Waals surface area contributed by atoms with Gasteiger partial charge in [0.25, 0.3) is 0 Å². The number of hydrogen-bond acceptors (Lipinski definition) is 5. The summed E-state index contributed by atoms with van der Waals surface area (Å²) in [6.45, 7) is 5.59. The molecule has 0 radical (unpaired) electrons. The Bertz CT molecular complexity index is 984. The number of nitrogens with zero attached hydrogens (tertiary/aromatic N) is 1. The number of carbonyl (C=O) groups is 1. The minimum Gasteiger partial charge on any atom is -0.406 e. The summed E-state index contributed by atoms with van der Waals surface area (Å²) in [6, 6.07) is 7.24. The van der Waals surface area contributed by atoms with E-state index in [0.717, 1.165) is 6.08 Å². The maximum atomic E-state index is 12.4. The maximum Gasteiger partial charge on any atom is 0.573 e. The maximum absolute atomic E-state index is 12.4. The largest absolute Gasteiger partial charge is 0.573 e. The zero-order valence-electron chi connectivity index (χ0n) is 16.1. The van der Waals surface area contributed by atoms with Gasteiger partial charge in [0, 0.05) is 23.9 Å². The Morgan fingerprint density at radius 3 is 2.70 bits per heavy atom. The van der Waals surface area contributed by atoms with Crippen LogP contribution in [0.15, 0.2) is 48.0 Å². The fraction of sp³-hybridized carbons (Fsp3) is 0.238. The Hall–Kier alpha value is -3.33. The van der Waals surface area contributed by atoms with E-state index >= 15 is 0 Å². The van der Waals surface area contributed by atoms with Crippen LogP contribution in [0.2, 0.25) is 0 Å². The van der Waals surface area contributed by atoms with Gasteiger partial charge in [-0.15, -0.1) is 13.2 Å². The standard InChI is InChI=1S/C21H20F3N3O3/c1-3-17(29)27-11-14-10-16(13-4-6-15(7-5-13)30-21(22,23)24)19-20(18(14)12(2)28)26-9-8-25-19/h3-7,9-10,12,25,28H,1,8,11H2,2H3,(H,27,29). The highest BCUT2D eigenvalue weighted by molar-refractivity contribution is 5.94. The molecule has 1 aliphatic heterocycles. The molecule has 0 aromatic heterocycles. The van der Waals surface area contributed by atoms with Crippen LogP contribution in [0.1, 0.15) is 24.2 Å². The van der Waals surface area contributed by atoms with Crippen molar-refractivity contribution in [3.05, 3.63) is 54.1 Å². The first-order valence-electron chi connectivity index (χ1n) is 9.10. The van der Waals surface area contributed by atoms with Crippen LogP contribution in [0, 0.1) is 0 Å². The number of nitrogens with one attached hydrogen (secondary N) is 2. The van der Waals surface area contributed by atoms with Crippen LogP contribution < -0.4 is 15.4 Å². The molecule has 0 aliphatic carbocycles. The molecular weight excluding hydrogens is 399 g/mol. The number of halogens is 3. The highest BCUT2D eigenvalue weighted by Crippen LogP contribution is 2.44. The lowest BCUT2D eigenvalue weighted by Crippen LogP contribution is -2.22. The normalized spacial score (nSPS) is 13.8. The molecule has 6 nitrogen and oxygen atoms in total. The number of amides is 1. The Kier molecular flexibility index (Phi) is 6.12. The topological polar surface area (TPSA) is 83.0 Å². The van der Waals surface area contributed by atoms with Crippen molar-refractivity contribution in [1.29, 1.82) is 0 Å². The van der Waals surface area contributed by atoms with Gasteiger partial charge in [-0.3, -0.25) is 9.79 Å². The predicted octanol–water partition coefficient (Wildman–Crippen LogP) is 4.24. The molecule has 1 heterocycles. The van der Waals surface area contributed by atoms with E-state index < -0.39 is 12.5 Å². The fourth-order valence-corrected chi connectivity index (χ4v) is 3.27. The van der Waals surface area contributed by atoms with Crippen LogP contribution in [0.3, 0.4) is 0 Å². The van der Waals surface area contributed by atoms with E-state index in [2.05, 4.69) is 26.9 Å². The van der Waals surface area contributed by atoms with Crippen molar-refractivity contribution < 1.29 is 27.8 Å². The summed E-state index contributed by atoms with van der Waals surface area (Å²) in [5.74, 6) is -0.703. The number of aliphatic hydroxyl groups excluding tert-OH is 1. The number of ether oxygens (including phenoxy) is 1.